The fraction of sp³-hybridized carbons (Fsp3) is 0.312. The second kappa shape index (κ2) is 6.84. The lowest BCUT2D eigenvalue weighted by molar-refractivity contribution is 0.538. The summed E-state index contributed by atoms with van der Waals surface area (Å²) in [5, 5.41) is 0.634. The van der Waals surface area contributed by atoms with E-state index in [0.29, 0.717) is 10.9 Å². The predicted molar refractivity (Wildman–Crippen MR) is 83.5 cm³/mol. The molecule has 1 unspecified atom stereocenters. The van der Waals surface area contributed by atoms with Crippen LogP contribution in [-0.2, 0) is 6.42 Å². The van der Waals surface area contributed by atoms with E-state index in [4.69, 9.17) is 17.4 Å². The minimum Gasteiger partial charge on any atom is -0.271 e. The van der Waals surface area contributed by atoms with E-state index in [-0.39, 0.29) is 6.04 Å². The number of nitrogens with zero attached hydrogens (tertiary/aromatic N) is 1. The molecule has 0 saturated carbocycles. The van der Waals surface area contributed by atoms with Gasteiger partial charge >= 0.3 is 0 Å². The number of hydrogen-bond donors (Lipinski definition) is 2. The van der Waals surface area contributed by atoms with E-state index in [1.807, 2.05) is 12.1 Å². The van der Waals surface area contributed by atoms with Gasteiger partial charge < -0.3 is 0 Å². The fourth-order valence-corrected chi connectivity index (χ4v) is 2.42. The number of nitrogens with one attached hydrogen (secondary N) is 1. The summed E-state index contributed by atoms with van der Waals surface area (Å²) in [6, 6.07) is 12.1. The van der Waals surface area contributed by atoms with Crippen molar-refractivity contribution in [1.29, 1.82) is 0 Å². The monoisotopic (exact) mass is 289 g/mol. The van der Waals surface area contributed by atoms with Crippen molar-refractivity contribution in [3.8, 4) is 0 Å². The average Bonchev–Trinajstić information content (AvgIpc) is 2.46. The first-order valence-electron chi connectivity index (χ1n) is 6.77. The predicted octanol–water partition coefficient (Wildman–Crippen LogP) is 3.61. The zero-order valence-electron chi connectivity index (χ0n) is 11.8. The van der Waals surface area contributed by atoms with Crippen LogP contribution in [0.3, 0.4) is 0 Å². The third kappa shape index (κ3) is 3.57. The van der Waals surface area contributed by atoms with E-state index in [1.165, 1.54) is 11.1 Å². The first kappa shape index (κ1) is 15.0. The van der Waals surface area contributed by atoms with Crippen molar-refractivity contribution in [2.75, 3.05) is 0 Å². The molecule has 0 aliphatic carbocycles. The Labute approximate surface area is 125 Å². The molecule has 0 bridgehead atoms. The SMILES string of the molecule is CC(C)c1ccc(CC(NN)c2ncccc2Cl)cc1. The number of hydrogen-bond acceptors (Lipinski definition) is 3. The smallest absolute Gasteiger partial charge is 0.0775 e. The van der Waals surface area contributed by atoms with Gasteiger partial charge in [0.1, 0.15) is 0 Å². The number of halogens is 1. The van der Waals surface area contributed by atoms with Crippen LogP contribution in [-0.4, -0.2) is 4.98 Å². The Morgan fingerprint density at radius 2 is 1.90 bits per heavy atom. The average molecular weight is 290 g/mol. The molecule has 0 radical (unpaired) electrons. The van der Waals surface area contributed by atoms with Gasteiger partial charge in [0.15, 0.2) is 0 Å². The number of hydrazine groups is 1. The minimum absolute atomic E-state index is 0.0893. The molecular formula is C16H20ClN3. The Hall–Kier alpha value is -1.42. The van der Waals surface area contributed by atoms with E-state index in [0.717, 1.165) is 12.1 Å². The first-order chi connectivity index (χ1) is 9.61. The number of aromatic nitrogens is 1. The summed E-state index contributed by atoms with van der Waals surface area (Å²) >= 11 is 6.17. The summed E-state index contributed by atoms with van der Waals surface area (Å²) in [5.41, 5.74) is 6.12. The Balaban J connectivity index is 2.16. The van der Waals surface area contributed by atoms with Gasteiger partial charge in [0.05, 0.1) is 16.8 Å². The van der Waals surface area contributed by atoms with Gasteiger partial charge in [-0.05, 0) is 35.6 Å². The van der Waals surface area contributed by atoms with Gasteiger partial charge in [0.25, 0.3) is 0 Å². The number of benzene rings is 1. The normalized spacial score (nSPS) is 12.7. The van der Waals surface area contributed by atoms with Crippen molar-refractivity contribution < 1.29 is 0 Å². The molecule has 1 heterocycles. The summed E-state index contributed by atoms with van der Waals surface area (Å²) < 4.78 is 0. The summed E-state index contributed by atoms with van der Waals surface area (Å²) in [7, 11) is 0. The maximum absolute atomic E-state index is 6.17. The second-order valence-corrected chi connectivity index (χ2v) is 5.60. The Bertz CT molecular complexity index is 552. The van der Waals surface area contributed by atoms with Crippen LogP contribution in [0.5, 0.6) is 0 Å². The second-order valence-electron chi connectivity index (χ2n) is 5.19. The molecular weight excluding hydrogens is 270 g/mol. The molecule has 1 aromatic heterocycles. The van der Waals surface area contributed by atoms with Crippen LogP contribution in [0.2, 0.25) is 5.02 Å². The van der Waals surface area contributed by atoms with Gasteiger partial charge in [-0.2, -0.15) is 0 Å². The molecule has 3 nitrogen and oxygen atoms in total. The van der Waals surface area contributed by atoms with Gasteiger partial charge in [-0.3, -0.25) is 16.3 Å². The molecule has 106 valence electrons. The maximum Gasteiger partial charge on any atom is 0.0775 e. The van der Waals surface area contributed by atoms with Crippen molar-refractivity contribution in [2.45, 2.75) is 32.2 Å². The lowest BCUT2D eigenvalue weighted by Crippen LogP contribution is -2.30. The van der Waals surface area contributed by atoms with Crippen molar-refractivity contribution in [3.05, 3.63) is 64.4 Å². The molecule has 3 N–H and O–H groups in total. The van der Waals surface area contributed by atoms with Crippen LogP contribution in [0.25, 0.3) is 0 Å². The molecule has 2 rings (SSSR count). The topological polar surface area (TPSA) is 50.9 Å². The van der Waals surface area contributed by atoms with Crippen LogP contribution in [0.15, 0.2) is 42.6 Å². The first-order valence-corrected chi connectivity index (χ1v) is 7.15. The largest absolute Gasteiger partial charge is 0.271 e. The van der Waals surface area contributed by atoms with Gasteiger partial charge in [0.2, 0.25) is 0 Å². The zero-order chi connectivity index (χ0) is 14.5. The Morgan fingerprint density at radius 1 is 1.20 bits per heavy atom. The highest BCUT2D eigenvalue weighted by atomic mass is 35.5. The number of pyridine rings is 1. The molecule has 4 heteroatoms. The molecule has 20 heavy (non-hydrogen) atoms. The van der Waals surface area contributed by atoms with Gasteiger partial charge in [-0.1, -0.05) is 49.7 Å². The van der Waals surface area contributed by atoms with E-state index in [1.54, 1.807) is 6.20 Å². The fourth-order valence-electron chi connectivity index (χ4n) is 2.16. The van der Waals surface area contributed by atoms with Crippen LogP contribution < -0.4 is 11.3 Å². The molecule has 0 fully saturated rings. The van der Waals surface area contributed by atoms with Crippen molar-refractivity contribution in [1.82, 2.24) is 10.4 Å². The highest BCUT2D eigenvalue weighted by molar-refractivity contribution is 6.31. The van der Waals surface area contributed by atoms with Crippen molar-refractivity contribution >= 4 is 11.6 Å². The third-order valence-electron chi connectivity index (χ3n) is 3.40. The maximum atomic E-state index is 6.17. The molecule has 1 aromatic carbocycles. The van der Waals surface area contributed by atoms with E-state index in [9.17, 15) is 0 Å². The lowest BCUT2D eigenvalue weighted by Gasteiger charge is -2.17. The summed E-state index contributed by atoms with van der Waals surface area (Å²) in [4.78, 5) is 4.32. The molecule has 0 spiro atoms. The van der Waals surface area contributed by atoms with E-state index < -0.39 is 0 Å². The molecule has 0 amide bonds. The van der Waals surface area contributed by atoms with E-state index >= 15 is 0 Å². The summed E-state index contributed by atoms with van der Waals surface area (Å²) in [5.74, 6) is 6.19. The summed E-state index contributed by atoms with van der Waals surface area (Å²) in [6.45, 7) is 4.37. The highest BCUT2D eigenvalue weighted by Gasteiger charge is 2.15. The molecule has 0 aliphatic heterocycles. The van der Waals surface area contributed by atoms with Gasteiger partial charge in [0, 0.05) is 6.20 Å². The molecule has 0 saturated heterocycles. The Kier molecular flexibility index (Phi) is 5.12. The van der Waals surface area contributed by atoms with Gasteiger partial charge in [-0.15, -0.1) is 0 Å². The van der Waals surface area contributed by atoms with Crippen LogP contribution in [0, 0.1) is 0 Å². The minimum atomic E-state index is -0.0893. The Morgan fingerprint density at radius 3 is 2.45 bits per heavy atom. The standard InChI is InChI=1S/C16H20ClN3/c1-11(2)13-7-5-12(6-8-13)10-15(20-18)16-14(17)4-3-9-19-16/h3-9,11,15,20H,10,18H2,1-2H3. The van der Waals surface area contributed by atoms with E-state index in [2.05, 4.69) is 48.5 Å². The van der Waals surface area contributed by atoms with Crippen LogP contribution in [0.1, 0.15) is 42.6 Å². The van der Waals surface area contributed by atoms with Crippen LogP contribution in [0.4, 0.5) is 0 Å². The lowest BCUT2D eigenvalue weighted by atomic mass is 9.98. The molecule has 1 atom stereocenters. The zero-order valence-corrected chi connectivity index (χ0v) is 12.6. The van der Waals surface area contributed by atoms with Gasteiger partial charge in [-0.25, -0.2) is 0 Å². The van der Waals surface area contributed by atoms with Crippen molar-refractivity contribution in [2.24, 2.45) is 5.84 Å². The quantitative estimate of drug-likeness (QED) is 0.653. The van der Waals surface area contributed by atoms with Crippen LogP contribution >= 0.6 is 11.6 Å². The molecule has 2 aromatic rings. The number of rotatable bonds is 5. The third-order valence-corrected chi connectivity index (χ3v) is 3.72. The molecule has 0 aliphatic rings. The highest BCUT2D eigenvalue weighted by Crippen LogP contribution is 2.23. The van der Waals surface area contributed by atoms with Crippen molar-refractivity contribution in [3.63, 3.8) is 0 Å². The number of nitrogens with two attached hydrogens (primary N) is 1. The summed E-state index contributed by atoms with van der Waals surface area (Å²) in [6.07, 6.45) is 2.49.